The molecule has 8 heteroatoms. The van der Waals surface area contributed by atoms with Gasteiger partial charge in [0.2, 0.25) is 0 Å². The van der Waals surface area contributed by atoms with Crippen molar-refractivity contribution < 1.29 is 24.0 Å². The molecule has 0 amide bonds. The monoisotopic (exact) mass is 284 g/mol. The van der Waals surface area contributed by atoms with Gasteiger partial charge in [-0.1, -0.05) is 0 Å². The van der Waals surface area contributed by atoms with Gasteiger partial charge < -0.3 is 15.2 Å². The number of rotatable bonds is 5. The first kappa shape index (κ1) is 14.2. The normalized spacial score (nSPS) is 17.9. The van der Waals surface area contributed by atoms with E-state index < -0.39 is 28.0 Å². The van der Waals surface area contributed by atoms with Crippen molar-refractivity contribution in [2.45, 2.75) is 18.9 Å². The van der Waals surface area contributed by atoms with Crippen molar-refractivity contribution >= 4 is 17.3 Å². The zero-order chi connectivity index (χ0) is 14.7. The van der Waals surface area contributed by atoms with E-state index in [2.05, 4.69) is 5.32 Å². The van der Waals surface area contributed by atoms with Crippen molar-refractivity contribution in [3.8, 4) is 0 Å². The summed E-state index contributed by atoms with van der Waals surface area (Å²) in [5, 5.41) is 22.4. The third-order valence-electron chi connectivity index (χ3n) is 3.06. The predicted octanol–water partition coefficient (Wildman–Crippen LogP) is 2.02. The zero-order valence-corrected chi connectivity index (χ0v) is 10.5. The van der Waals surface area contributed by atoms with Crippen molar-refractivity contribution in [2.24, 2.45) is 0 Å². The lowest BCUT2D eigenvalue weighted by atomic mass is 10.1. The molecule has 0 saturated carbocycles. The number of carbonyl (C=O) groups is 1. The fourth-order valence-electron chi connectivity index (χ4n) is 2.05. The summed E-state index contributed by atoms with van der Waals surface area (Å²) in [6, 6.07) is 1.55. The van der Waals surface area contributed by atoms with Crippen LogP contribution in [0.3, 0.4) is 0 Å². The molecule has 7 nitrogen and oxygen atoms in total. The zero-order valence-electron chi connectivity index (χ0n) is 10.5. The maximum absolute atomic E-state index is 13.6. The van der Waals surface area contributed by atoms with Crippen LogP contribution in [0, 0.1) is 15.9 Å². The third-order valence-corrected chi connectivity index (χ3v) is 3.06. The van der Waals surface area contributed by atoms with Crippen molar-refractivity contribution in [3.63, 3.8) is 0 Å². The largest absolute Gasteiger partial charge is 0.478 e. The highest BCUT2D eigenvalue weighted by Gasteiger charge is 2.23. The number of hydrogen-bond donors (Lipinski definition) is 2. The minimum Gasteiger partial charge on any atom is -0.478 e. The van der Waals surface area contributed by atoms with Crippen LogP contribution in [0.25, 0.3) is 0 Å². The summed E-state index contributed by atoms with van der Waals surface area (Å²) in [7, 11) is 0. The Morgan fingerprint density at radius 1 is 1.60 bits per heavy atom. The van der Waals surface area contributed by atoms with Gasteiger partial charge in [0, 0.05) is 25.3 Å². The first-order valence-electron chi connectivity index (χ1n) is 6.05. The SMILES string of the molecule is O=C(O)c1cc([N+](=O)[O-])c(NCC2CCCO2)cc1F. The summed E-state index contributed by atoms with van der Waals surface area (Å²) in [4.78, 5) is 20.9. The van der Waals surface area contributed by atoms with E-state index >= 15 is 0 Å². The van der Waals surface area contributed by atoms with Gasteiger partial charge in [0.1, 0.15) is 17.1 Å². The topological polar surface area (TPSA) is 102 Å². The third kappa shape index (κ3) is 3.02. The molecule has 2 N–H and O–H groups in total. The van der Waals surface area contributed by atoms with Gasteiger partial charge in [0.15, 0.2) is 0 Å². The Kier molecular flexibility index (Phi) is 4.14. The average Bonchev–Trinajstić information content (AvgIpc) is 2.88. The van der Waals surface area contributed by atoms with Gasteiger partial charge in [-0.25, -0.2) is 9.18 Å². The minimum atomic E-state index is -1.55. The molecule has 108 valence electrons. The summed E-state index contributed by atoms with van der Waals surface area (Å²) in [5.74, 6) is -2.56. The molecular formula is C12H13FN2O5. The molecule has 1 unspecified atom stereocenters. The van der Waals surface area contributed by atoms with Crippen molar-refractivity contribution in [1.82, 2.24) is 0 Å². The molecule has 2 rings (SSSR count). The fourth-order valence-corrected chi connectivity index (χ4v) is 2.05. The molecule has 1 aromatic rings. The lowest BCUT2D eigenvalue weighted by Crippen LogP contribution is -2.19. The van der Waals surface area contributed by atoms with Crippen LogP contribution in [0.4, 0.5) is 15.8 Å². The number of halogens is 1. The predicted molar refractivity (Wildman–Crippen MR) is 67.5 cm³/mol. The summed E-state index contributed by atoms with van der Waals surface area (Å²) < 4.78 is 18.9. The lowest BCUT2D eigenvalue weighted by Gasteiger charge is -2.12. The van der Waals surface area contributed by atoms with E-state index in [1.54, 1.807) is 0 Å². The van der Waals surface area contributed by atoms with Crippen LogP contribution < -0.4 is 5.32 Å². The quantitative estimate of drug-likeness (QED) is 0.633. The van der Waals surface area contributed by atoms with Crippen LogP contribution in [-0.2, 0) is 4.74 Å². The molecule has 1 aliphatic heterocycles. The number of anilines is 1. The highest BCUT2D eigenvalue weighted by molar-refractivity contribution is 5.90. The van der Waals surface area contributed by atoms with E-state index in [-0.39, 0.29) is 11.8 Å². The highest BCUT2D eigenvalue weighted by atomic mass is 19.1. The fraction of sp³-hybridized carbons (Fsp3) is 0.417. The van der Waals surface area contributed by atoms with Crippen LogP contribution >= 0.6 is 0 Å². The number of nitro groups is 1. The smallest absolute Gasteiger partial charge is 0.338 e. The molecule has 1 saturated heterocycles. The Bertz CT molecular complexity index is 543. The molecule has 20 heavy (non-hydrogen) atoms. The first-order valence-corrected chi connectivity index (χ1v) is 6.05. The number of carboxylic acids is 1. The summed E-state index contributed by atoms with van der Waals surface area (Å²) >= 11 is 0. The number of ether oxygens (including phenoxy) is 1. The van der Waals surface area contributed by atoms with Crippen molar-refractivity contribution in [3.05, 3.63) is 33.6 Å². The van der Waals surface area contributed by atoms with Crippen LogP contribution in [0.2, 0.25) is 0 Å². The van der Waals surface area contributed by atoms with Crippen molar-refractivity contribution in [2.75, 3.05) is 18.5 Å². The molecule has 0 aromatic heterocycles. The van der Waals surface area contributed by atoms with Crippen LogP contribution in [0.1, 0.15) is 23.2 Å². The maximum atomic E-state index is 13.6. The second kappa shape index (κ2) is 5.83. The molecule has 0 aliphatic carbocycles. The molecule has 0 spiro atoms. The molecule has 1 fully saturated rings. The van der Waals surface area contributed by atoms with Gasteiger partial charge >= 0.3 is 5.97 Å². The van der Waals surface area contributed by atoms with Gasteiger partial charge in [-0.3, -0.25) is 10.1 Å². The van der Waals surface area contributed by atoms with E-state index in [1.807, 2.05) is 0 Å². The van der Waals surface area contributed by atoms with Gasteiger partial charge in [0.05, 0.1) is 11.0 Å². The average molecular weight is 284 g/mol. The number of aromatic carboxylic acids is 1. The molecule has 0 radical (unpaired) electrons. The maximum Gasteiger partial charge on any atom is 0.338 e. The lowest BCUT2D eigenvalue weighted by molar-refractivity contribution is -0.384. The first-order chi connectivity index (χ1) is 9.49. The van der Waals surface area contributed by atoms with Gasteiger partial charge in [-0.15, -0.1) is 0 Å². The summed E-state index contributed by atoms with van der Waals surface area (Å²) in [5.41, 5.74) is -1.24. The number of nitro benzene ring substituents is 1. The minimum absolute atomic E-state index is 0.0481. The molecule has 1 aliphatic rings. The number of nitrogens with one attached hydrogen (secondary N) is 1. The van der Waals surface area contributed by atoms with Crippen molar-refractivity contribution in [1.29, 1.82) is 0 Å². The standard InChI is InChI=1S/C12H13FN2O5/c13-9-5-10(14-6-7-2-1-3-20-7)11(15(18)19)4-8(9)12(16)17/h4-5,7,14H,1-3,6H2,(H,16,17). The van der Waals surface area contributed by atoms with E-state index in [0.29, 0.717) is 13.2 Å². The van der Waals surface area contributed by atoms with Crippen LogP contribution in [0.15, 0.2) is 12.1 Å². The highest BCUT2D eigenvalue weighted by Crippen LogP contribution is 2.28. The number of benzene rings is 1. The summed E-state index contributed by atoms with van der Waals surface area (Å²) in [6.07, 6.45) is 1.67. The molecule has 1 aromatic carbocycles. The van der Waals surface area contributed by atoms with E-state index in [0.717, 1.165) is 25.0 Å². The van der Waals surface area contributed by atoms with Crippen LogP contribution in [0.5, 0.6) is 0 Å². The summed E-state index contributed by atoms with van der Waals surface area (Å²) in [6.45, 7) is 0.952. The second-order valence-electron chi connectivity index (χ2n) is 4.43. The Hall–Kier alpha value is -2.22. The molecule has 1 heterocycles. The van der Waals surface area contributed by atoms with E-state index in [4.69, 9.17) is 9.84 Å². The Balaban J connectivity index is 2.23. The Morgan fingerprint density at radius 3 is 2.90 bits per heavy atom. The number of hydrogen-bond acceptors (Lipinski definition) is 5. The van der Waals surface area contributed by atoms with Gasteiger partial charge in [-0.2, -0.15) is 0 Å². The number of nitrogens with zero attached hydrogens (tertiary/aromatic N) is 1. The van der Waals surface area contributed by atoms with E-state index in [9.17, 15) is 19.3 Å². The number of carboxylic acid groups (broad SMARTS) is 1. The Labute approximate surface area is 113 Å². The van der Waals surface area contributed by atoms with Gasteiger partial charge in [0.25, 0.3) is 5.69 Å². The second-order valence-corrected chi connectivity index (χ2v) is 4.43. The van der Waals surface area contributed by atoms with Gasteiger partial charge in [-0.05, 0) is 12.8 Å². The Morgan fingerprint density at radius 2 is 2.35 bits per heavy atom. The molecule has 0 bridgehead atoms. The molecular weight excluding hydrogens is 271 g/mol. The van der Waals surface area contributed by atoms with E-state index in [1.165, 1.54) is 0 Å². The van der Waals surface area contributed by atoms with Crippen LogP contribution in [-0.4, -0.2) is 35.3 Å². The molecule has 1 atom stereocenters.